The third-order valence-corrected chi connectivity index (χ3v) is 8.30. The Morgan fingerprint density at radius 3 is 1.70 bits per heavy atom. The first kappa shape index (κ1) is 15.8. The SMILES string of the molecule is Cc1ccc([C@@H](C)[SiH](c2ccccc2)c2ccccc2)c(C)c1. The summed E-state index contributed by atoms with van der Waals surface area (Å²) >= 11 is 0. The van der Waals surface area contributed by atoms with Crippen molar-refractivity contribution in [1.29, 1.82) is 0 Å². The highest BCUT2D eigenvalue weighted by Gasteiger charge is 2.25. The Balaban J connectivity index is 2.08. The van der Waals surface area contributed by atoms with Gasteiger partial charge in [-0.2, -0.15) is 0 Å². The molecule has 0 saturated carbocycles. The summed E-state index contributed by atoms with van der Waals surface area (Å²) in [5.41, 5.74) is 4.83. The van der Waals surface area contributed by atoms with Gasteiger partial charge in [0.1, 0.15) is 8.80 Å². The zero-order valence-electron chi connectivity index (χ0n) is 14.2. The number of hydrogen-bond donors (Lipinski definition) is 0. The van der Waals surface area contributed by atoms with Gasteiger partial charge in [-0.15, -0.1) is 0 Å². The van der Waals surface area contributed by atoms with Crippen LogP contribution in [0.15, 0.2) is 78.9 Å². The lowest BCUT2D eigenvalue weighted by atomic mass is 10.0. The molecule has 1 heteroatoms. The van der Waals surface area contributed by atoms with E-state index in [1.54, 1.807) is 0 Å². The van der Waals surface area contributed by atoms with Gasteiger partial charge in [0.25, 0.3) is 0 Å². The molecule has 3 aromatic rings. The van der Waals surface area contributed by atoms with Gasteiger partial charge >= 0.3 is 0 Å². The maximum Gasteiger partial charge on any atom is 0.110 e. The molecule has 3 aromatic carbocycles. The van der Waals surface area contributed by atoms with Gasteiger partial charge in [-0.25, -0.2) is 0 Å². The molecule has 0 aromatic heterocycles. The van der Waals surface area contributed by atoms with Crippen LogP contribution in [0.4, 0.5) is 0 Å². The second-order valence-electron chi connectivity index (χ2n) is 6.45. The van der Waals surface area contributed by atoms with Crippen molar-refractivity contribution in [3.63, 3.8) is 0 Å². The molecule has 116 valence electrons. The van der Waals surface area contributed by atoms with E-state index in [4.69, 9.17) is 0 Å². The molecule has 0 unspecified atom stereocenters. The number of rotatable bonds is 4. The van der Waals surface area contributed by atoms with E-state index >= 15 is 0 Å². The lowest BCUT2D eigenvalue weighted by Crippen LogP contribution is -2.46. The molecule has 0 fully saturated rings. The first-order chi connectivity index (χ1) is 11.2. The highest BCUT2D eigenvalue weighted by molar-refractivity contribution is 6.86. The lowest BCUT2D eigenvalue weighted by molar-refractivity contribution is 1.03. The van der Waals surface area contributed by atoms with E-state index in [0.717, 1.165) is 0 Å². The van der Waals surface area contributed by atoms with E-state index in [1.807, 2.05) is 0 Å². The fraction of sp³-hybridized carbons (Fsp3) is 0.182. The van der Waals surface area contributed by atoms with Gasteiger partial charge in [0.05, 0.1) is 0 Å². The Morgan fingerprint density at radius 1 is 0.696 bits per heavy atom. The summed E-state index contributed by atoms with van der Waals surface area (Å²) in [6, 6.07) is 29.1. The van der Waals surface area contributed by atoms with Gasteiger partial charge in [-0.1, -0.05) is 102 Å². The molecule has 0 saturated heterocycles. The van der Waals surface area contributed by atoms with Crippen LogP contribution in [0.1, 0.15) is 29.2 Å². The second kappa shape index (κ2) is 6.97. The van der Waals surface area contributed by atoms with E-state index < -0.39 is 8.80 Å². The third-order valence-electron chi connectivity index (χ3n) is 4.73. The third kappa shape index (κ3) is 3.46. The average molecular weight is 317 g/mol. The predicted octanol–water partition coefficient (Wildman–Crippen LogP) is 3.99. The summed E-state index contributed by atoms with van der Waals surface area (Å²) < 4.78 is 0. The fourth-order valence-electron chi connectivity index (χ4n) is 3.61. The number of hydrogen-bond acceptors (Lipinski definition) is 0. The minimum atomic E-state index is -1.31. The van der Waals surface area contributed by atoms with E-state index in [1.165, 1.54) is 27.1 Å². The minimum absolute atomic E-state index is 0.570. The van der Waals surface area contributed by atoms with Crippen molar-refractivity contribution >= 4 is 19.2 Å². The van der Waals surface area contributed by atoms with Crippen LogP contribution in [0.2, 0.25) is 0 Å². The summed E-state index contributed by atoms with van der Waals surface area (Å²) in [5.74, 6) is 0. The molecule has 0 spiro atoms. The van der Waals surface area contributed by atoms with Crippen LogP contribution in [-0.2, 0) is 0 Å². The fourth-order valence-corrected chi connectivity index (χ4v) is 7.15. The second-order valence-corrected chi connectivity index (χ2v) is 9.74. The van der Waals surface area contributed by atoms with Crippen LogP contribution >= 0.6 is 0 Å². The van der Waals surface area contributed by atoms with Gasteiger partial charge in [-0.3, -0.25) is 0 Å². The summed E-state index contributed by atoms with van der Waals surface area (Å²) in [6.07, 6.45) is 0. The van der Waals surface area contributed by atoms with Gasteiger partial charge < -0.3 is 0 Å². The minimum Gasteiger partial charge on any atom is -0.0629 e. The van der Waals surface area contributed by atoms with Gasteiger partial charge in [0.2, 0.25) is 0 Å². The molecule has 1 atom stereocenters. The van der Waals surface area contributed by atoms with E-state index in [0.29, 0.717) is 5.54 Å². The molecule has 0 heterocycles. The average Bonchev–Trinajstić information content (AvgIpc) is 2.57. The van der Waals surface area contributed by atoms with Crippen LogP contribution in [0.25, 0.3) is 0 Å². The van der Waals surface area contributed by atoms with Crippen molar-refractivity contribution in [3.8, 4) is 0 Å². The van der Waals surface area contributed by atoms with E-state index in [-0.39, 0.29) is 0 Å². The summed E-state index contributed by atoms with van der Waals surface area (Å²) in [6.45, 7) is 6.83. The number of benzene rings is 3. The molecular formula is C22H24Si. The Morgan fingerprint density at radius 2 is 1.22 bits per heavy atom. The highest BCUT2D eigenvalue weighted by atomic mass is 28.3. The topological polar surface area (TPSA) is 0 Å². The van der Waals surface area contributed by atoms with Crippen LogP contribution in [-0.4, -0.2) is 8.80 Å². The summed E-state index contributed by atoms with van der Waals surface area (Å²) in [5, 5.41) is 3.04. The Hall–Kier alpha value is -2.12. The standard InChI is InChI=1S/C22H24Si/c1-17-14-15-22(18(2)16-17)19(3)23(20-10-6-4-7-11-20)21-12-8-5-9-13-21/h4-16,19,23H,1-3H3/t19-/m1/s1. The van der Waals surface area contributed by atoms with Gasteiger partial charge in [-0.05, 0) is 30.5 Å². The van der Waals surface area contributed by atoms with Crippen molar-refractivity contribution in [3.05, 3.63) is 95.6 Å². The van der Waals surface area contributed by atoms with Crippen molar-refractivity contribution in [1.82, 2.24) is 0 Å². The Bertz CT molecular complexity index is 723. The molecule has 0 aliphatic heterocycles. The molecular weight excluding hydrogens is 292 g/mol. The smallest absolute Gasteiger partial charge is 0.0629 e. The molecule has 3 rings (SSSR count). The first-order valence-corrected chi connectivity index (χ1v) is 10.2. The summed E-state index contributed by atoms with van der Waals surface area (Å²) in [4.78, 5) is 0. The van der Waals surface area contributed by atoms with Crippen LogP contribution in [0, 0.1) is 13.8 Å². The Labute approximate surface area is 141 Å². The first-order valence-electron chi connectivity index (χ1n) is 8.34. The number of aryl methyl sites for hydroxylation is 2. The van der Waals surface area contributed by atoms with Crippen LogP contribution < -0.4 is 10.4 Å². The maximum atomic E-state index is 2.41. The molecule has 0 radical (unpaired) electrons. The van der Waals surface area contributed by atoms with E-state index in [2.05, 4.69) is 99.6 Å². The highest BCUT2D eigenvalue weighted by Crippen LogP contribution is 2.23. The molecule has 0 amide bonds. The van der Waals surface area contributed by atoms with Crippen LogP contribution in [0.5, 0.6) is 0 Å². The summed E-state index contributed by atoms with van der Waals surface area (Å²) in [7, 11) is -1.31. The zero-order chi connectivity index (χ0) is 16.2. The maximum absolute atomic E-state index is 2.41. The molecule has 0 N–H and O–H groups in total. The predicted molar refractivity (Wildman–Crippen MR) is 104 cm³/mol. The molecule has 0 bridgehead atoms. The quantitative estimate of drug-likeness (QED) is 0.639. The lowest BCUT2D eigenvalue weighted by Gasteiger charge is -2.25. The normalized spacial score (nSPS) is 12.3. The molecule has 0 aliphatic carbocycles. The van der Waals surface area contributed by atoms with Crippen molar-refractivity contribution in [2.24, 2.45) is 0 Å². The monoisotopic (exact) mass is 316 g/mol. The molecule has 0 aliphatic rings. The van der Waals surface area contributed by atoms with Crippen molar-refractivity contribution in [2.45, 2.75) is 26.3 Å². The zero-order valence-corrected chi connectivity index (χ0v) is 15.3. The largest absolute Gasteiger partial charge is 0.110 e. The van der Waals surface area contributed by atoms with Crippen molar-refractivity contribution < 1.29 is 0 Å². The molecule has 23 heavy (non-hydrogen) atoms. The van der Waals surface area contributed by atoms with Crippen molar-refractivity contribution in [2.75, 3.05) is 0 Å². The molecule has 0 nitrogen and oxygen atoms in total. The Kier molecular flexibility index (Phi) is 4.78. The van der Waals surface area contributed by atoms with E-state index in [9.17, 15) is 0 Å². The van der Waals surface area contributed by atoms with Gasteiger partial charge in [0, 0.05) is 0 Å². The van der Waals surface area contributed by atoms with Gasteiger partial charge in [0.15, 0.2) is 0 Å². The van der Waals surface area contributed by atoms with Crippen LogP contribution in [0.3, 0.4) is 0 Å².